The lowest BCUT2D eigenvalue weighted by Gasteiger charge is -2.36. The summed E-state index contributed by atoms with van der Waals surface area (Å²) in [6.45, 7) is 1.32. The number of aliphatic hydroxyl groups is 1. The molecule has 1 saturated carbocycles. The molecule has 0 atom stereocenters. The van der Waals surface area contributed by atoms with Crippen LogP contribution in [0.1, 0.15) is 24.8 Å². The Labute approximate surface area is 116 Å². The topological polar surface area (TPSA) is 110 Å². The summed E-state index contributed by atoms with van der Waals surface area (Å²) < 4.78 is 26.7. The molecular weight excluding hydrogens is 284 g/mol. The van der Waals surface area contributed by atoms with Crippen molar-refractivity contribution in [2.45, 2.75) is 36.7 Å². The highest BCUT2D eigenvalue weighted by atomic mass is 32.2. The van der Waals surface area contributed by atoms with Crippen molar-refractivity contribution < 1.29 is 18.4 Å². The first-order valence-electron chi connectivity index (χ1n) is 6.21. The second kappa shape index (κ2) is 5.12. The summed E-state index contributed by atoms with van der Waals surface area (Å²) in [4.78, 5) is 10.1. The molecule has 1 aromatic carbocycles. The van der Waals surface area contributed by atoms with Crippen molar-refractivity contribution in [2.24, 2.45) is 0 Å². The number of nitrogens with zero attached hydrogens (tertiary/aromatic N) is 1. The first kappa shape index (κ1) is 14.9. The fourth-order valence-electron chi connectivity index (χ4n) is 2.16. The molecule has 0 radical (unpaired) electrons. The van der Waals surface area contributed by atoms with E-state index < -0.39 is 20.5 Å². The highest BCUT2D eigenvalue weighted by Gasteiger charge is 2.36. The normalized spacial score (nSPS) is 17.5. The molecule has 2 N–H and O–H groups in total. The van der Waals surface area contributed by atoms with Crippen molar-refractivity contribution in [3.8, 4) is 0 Å². The maximum atomic E-state index is 12.2. The van der Waals surface area contributed by atoms with Crippen molar-refractivity contribution in [3.63, 3.8) is 0 Å². The summed E-state index contributed by atoms with van der Waals surface area (Å²) in [5.74, 6) is 0. The fourth-order valence-corrected chi connectivity index (χ4v) is 3.54. The number of nitrogens with one attached hydrogen (secondary N) is 1. The Morgan fingerprint density at radius 1 is 1.45 bits per heavy atom. The third kappa shape index (κ3) is 2.82. The van der Waals surface area contributed by atoms with Gasteiger partial charge < -0.3 is 5.11 Å². The van der Waals surface area contributed by atoms with E-state index in [1.807, 2.05) is 0 Å². The Kier molecular flexibility index (Phi) is 3.81. The highest BCUT2D eigenvalue weighted by molar-refractivity contribution is 7.89. The van der Waals surface area contributed by atoms with Gasteiger partial charge in [0.05, 0.1) is 15.4 Å². The van der Waals surface area contributed by atoms with Crippen LogP contribution in [-0.2, 0) is 10.0 Å². The van der Waals surface area contributed by atoms with Gasteiger partial charge in [0.15, 0.2) is 0 Å². The smallest absolute Gasteiger partial charge is 0.273 e. The molecule has 110 valence electrons. The van der Waals surface area contributed by atoms with Crippen LogP contribution < -0.4 is 4.72 Å². The molecule has 0 amide bonds. The molecule has 20 heavy (non-hydrogen) atoms. The van der Waals surface area contributed by atoms with E-state index in [4.69, 9.17) is 0 Å². The molecule has 0 aliphatic heterocycles. The predicted molar refractivity (Wildman–Crippen MR) is 71.8 cm³/mol. The third-order valence-electron chi connectivity index (χ3n) is 3.62. The van der Waals surface area contributed by atoms with Crippen LogP contribution in [0.5, 0.6) is 0 Å². The lowest BCUT2D eigenvalue weighted by Crippen LogP contribution is -2.47. The third-order valence-corrected chi connectivity index (χ3v) is 5.16. The van der Waals surface area contributed by atoms with E-state index in [1.165, 1.54) is 25.1 Å². The number of nitro groups is 1. The first-order valence-corrected chi connectivity index (χ1v) is 7.70. The van der Waals surface area contributed by atoms with Gasteiger partial charge in [-0.05, 0) is 32.3 Å². The van der Waals surface area contributed by atoms with Gasteiger partial charge in [0.2, 0.25) is 10.0 Å². The van der Waals surface area contributed by atoms with E-state index in [-0.39, 0.29) is 22.7 Å². The molecule has 7 nitrogen and oxygen atoms in total. The zero-order chi connectivity index (χ0) is 15.0. The maximum absolute atomic E-state index is 12.2. The molecule has 0 aromatic heterocycles. The van der Waals surface area contributed by atoms with E-state index in [2.05, 4.69) is 4.72 Å². The van der Waals surface area contributed by atoms with Crippen LogP contribution in [0.15, 0.2) is 23.1 Å². The van der Waals surface area contributed by atoms with Crippen LogP contribution in [0.2, 0.25) is 0 Å². The molecule has 1 aliphatic rings. The molecule has 1 fully saturated rings. The van der Waals surface area contributed by atoms with Crippen LogP contribution in [0.3, 0.4) is 0 Å². The van der Waals surface area contributed by atoms with E-state index in [1.54, 1.807) is 0 Å². The van der Waals surface area contributed by atoms with Gasteiger partial charge in [0.1, 0.15) is 0 Å². The SMILES string of the molecule is Cc1c([N+](=O)[O-])cccc1S(=O)(=O)NCC1(O)CCC1. The minimum absolute atomic E-state index is 0.0720. The second-order valence-corrected chi connectivity index (χ2v) is 6.80. The van der Waals surface area contributed by atoms with E-state index in [9.17, 15) is 23.6 Å². The minimum atomic E-state index is -3.87. The lowest BCUT2D eigenvalue weighted by atomic mass is 9.81. The van der Waals surface area contributed by atoms with Gasteiger partial charge in [-0.2, -0.15) is 0 Å². The summed E-state index contributed by atoms with van der Waals surface area (Å²) in [6.07, 6.45) is 1.99. The summed E-state index contributed by atoms with van der Waals surface area (Å²) >= 11 is 0. The average Bonchev–Trinajstić information content (AvgIpc) is 2.34. The van der Waals surface area contributed by atoms with E-state index >= 15 is 0 Å². The largest absolute Gasteiger partial charge is 0.389 e. The van der Waals surface area contributed by atoms with Gasteiger partial charge in [-0.25, -0.2) is 13.1 Å². The first-order chi connectivity index (χ1) is 9.25. The standard InChI is InChI=1S/C12H16N2O5S/c1-9-10(14(16)17)4-2-5-11(9)20(18,19)13-8-12(15)6-3-7-12/h2,4-5,13,15H,3,6-8H2,1H3. The van der Waals surface area contributed by atoms with Gasteiger partial charge in [-0.15, -0.1) is 0 Å². The van der Waals surface area contributed by atoms with Crippen LogP contribution in [0.25, 0.3) is 0 Å². The zero-order valence-corrected chi connectivity index (χ0v) is 11.8. The summed E-state index contributed by atoms with van der Waals surface area (Å²) in [5, 5.41) is 20.7. The summed E-state index contributed by atoms with van der Waals surface area (Å²) in [5.41, 5.74) is -1.14. The molecule has 1 aliphatic carbocycles. The van der Waals surface area contributed by atoms with Crippen LogP contribution >= 0.6 is 0 Å². The number of benzene rings is 1. The molecule has 0 heterocycles. The predicted octanol–water partition coefficient (Wildman–Crippen LogP) is 1.10. The molecule has 0 bridgehead atoms. The second-order valence-electron chi connectivity index (χ2n) is 5.06. The van der Waals surface area contributed by atoms with Gasteiger partial charge in [0, 0.05) is 18.2 Å². The number of rotatable bonds is 5. The fraction of sp³-hybridized carbons (Fsp3) is 0.500. The zero-order valence-electron chi connectivity index (χ0n) is 11.0. The van der Waals surface area contributed by atoms with Gasteiger partial charge >= 0.3 is 0 Å². The highest BCUT2D eigenvalue weighted by Crippen LogP contribution is 2.31. The number of sulfonamides is 1. The van der Waals surface area contributed by atoms with Crippen molar-refractivity contribution in [1.29, 1.82) is 0 Å². The van der Waals surface area contributed by atoms with Crippen molar-refractivity contribution in [2.75, 3.05) is 6.54 Å². The van der Waals surface area contributed by atoms with E-state index in [0.717, 1.165) is 6.42 Å². The van der Waals surface area contributed by atoms with Crippen molar-refractivity contribution >= 4 is 15.7 Å². The molecule has 0 spiro atoms. The lowest BCUT2D eigenvalue weighted by molar-refractivity contribution is -0.385. The van der Waals surface area contributed by atoms with Gasteiger partial charge in [0.25, 0.3) is 5.69 Å². The van der Waals surface area contributed by atoms with E-state index in [0.29, 0.717) is 12.8 Å². The molecule has 8 heteroatoms. The molecule has 2 rings (SSSR count). The van der Waals surface area contributed by atoms with Crippen LogP contribution in [0.4, 0.5) is 5.69 Å². The minimum Gasteiger partial charge on any atom is -0.389 e. The number of nitro benzene ring substituents is 1. The quantitative estimate of drug-likeness (QED) is 0.625. The number of hydrogen-bond acceptors (Lipinski definition) is 5. The Morgan fingerprint density at radius 3 is 2.60 bits per heavy atom. The molecular formula is C12H16N2O5S. The molecule has 0 saturated heterocycles. The Balaban J connectivity index is 2.25. The van der Waals surface area contributed by atoms with Crippen molar-refractivity contribution in [3.05, 3.63) is 33.9 Å². The molecule has 0 unspecified atom stereocenters. The number of hydrogen-bond donors (Lipinski definition) is 2. The Bertz CT molecular complexity index is 637. The van der Waals surface area contributed by atoms with Gasteiger partial charge in [-0.1, -0.05) is 6.07 Å². The van der Waals surface area contributed by atoms with Gasteiger partial charge in [-0.3, -0.25) is 10.1 Å². The monoisotopic (exact) mass is 300 g/mol. The Hall–Kier alpha value is -1.51. The van der Waals surface area contributed by atoms with Crippen molar-refractivity contribution in [1.82, 2.24) is 4.72 Å². The Morgan fingerprint density at radius 2 is 2.10 bits per heavy atom. The van der Waals surface area contributed by atoms with Crippen LogP contribution in [0, 0.1) is 17.0 Å². The van der Waals surface area contributed by atoms with Crippen LogP contribution in [-0.4, -0.2) is 30.6 Å². The summed E-state index contributed by atoms with van der Waals surface area (Å²) in [7, 11) is -3.87. The summed E-state index contributed by atoms with van der Waals surface area (Å²) in [6, 6.07) is 3.90. The molecule has 1 aromatic rings. The maximum Gasteiger partial charge on any atom is 0.273 e. The average molecular weight is 300 g/mol.